The van der Waals surface area contributed by atoms with Crippen molar-refractivity contribution >= 4 is 24.0 Å². The van der Waals surface area contributed by atoms with E-state index in [-0.39, 0.29) is 12.4 Å². The van der Waals surface area contributed by atoms with Gasteiger partial charge in [0, 0.05) is 50.7 Å². The molecule has 2 fully saturated rings. The van der Waals surface area contributed by atoms with Gasteiger partial charge in [-0.1, -0.05) is 12.8 Å². The van der Waals surface area contributed by atoms with Gasteiger partial charge >= 0.3 is 0 Å². The number of likely N-dealkylation sites (N-methyl/N-ethyl adjacent to an activating group) is 1. The van der Waals surface area contributed by atoms with E-state index in [1.165, 1.54) is 25.7 Å². The first-order valence-corrected chi connectivity index (χ1v) is 10.3. The van der Waals surface area contributed by atoms with E-state index in [0.717, 1.165) is 68.6 Å². The Balaban J connectivity index is 0.00000225. The first-order valence-electron chi connectivity index (χ1n) is 10.3. The third kappa shape index (κ3) is 4.92. The fraction of sp³-hybridized carbons (Fsp3) is 0.571. The molecule has 0 amide bonds. The molecule has 0 atom stereocenters. The molecule has 0 bridgehead atoms. The van der Waals surface area contributed by atoms with Crippen molar-refractivity contribution in [3.8, 4) is 11.3 Å². The fourth-order valence-electron chi connectivity index (χ4n) is 4.01. The summed E-state index contributed by atoms with van der Waals surface area (Å²) in [7, 11) is 2.21. The van der Waals surface area contributed by atoms with E-state index in [0.29, 0.717) is 0 Å². The molecule has 0 unspecified atom stereocenters. The zero-order valence-corrected chi connectivity index (χ0v) is 17.6. The highest BCUT2D eigenvalue weighted by atomic mass is 35.5. The zero-order valence-electron chi connectivity index (χ0n) is 16.8. The van der Waals surface area contributed by atoms with Gasteiger partial charge in [0.2, 0.25) is 0 Å². The predicted molar refractivity (Wildman–Crippen MR) is 118 cm³/mol. The van der Waals surface area contributed by atoms with Gasteiger partial charge in [-0.05, 0) is 45.0 Å². The van der Waals surface area contributed by atoms with Crippen molar-refractivity contribution in [3.05, 3.63) is 30.7 Å². The Bertz CT molecular complexity index is 733. The van der Waals surface area contributed by atoms with E-state index in [1.807, 2.05) is 30.7 Å². The van der Waals surface area contributed by atoms with Crippen LogP contribution in [-0.4, -0.2) is 66.2 Å². The molecule has 2 saturated heterocycles. The van der Waals surface area contributed by atoms with E-state index in [4.69, 9.17) is 9.97 Å². The maximum Gasteiger partial charge on any atom is 0.172 e. The largest absolute Gasteiger partial charge is 0.354 e. The van der Waals surface area contributed by atoms with Crippen LogP contribution in [0.15, 0.2) is 30.7 Å². The molecule has 4 rings (SSSR count). The Kier molecular flexibility index (Phi) is 7.45. The summed E-state index contributed by atoms with van der Waals surface area (Å²) in [6.07, 6.45) is 11.9. The number of anilines is 2. The first kappa shape index (κ1) is 20.8. The summed E-state index contributed by atoms with van der Waals surface area (Å²) in [4.78, 5) is 21.5. The van der Waals surface area contributed by atoms with Crippen LogP contribution in [0.3, 0.4) is 0 Å². The molecule has 4 heterocycles. The van der Waals surface area contributed by atoms with Crippen LogP contribution in [0.2, 0.25) is 0 Å². The standard InChI is InChI=1S/C21H30N6.ClH/c1-25-11-6-14-27(16-15-25)21-20(26-12-4-2-3-5-13-26)23-17-19(24-21)18-7-9-22-10-8-18;/h7-10,17H,2-6,11-16H2,1H3;1H. The number of nitrogens with zero attached hydrogens (tertiary/aromatic N) is 6. The van der Waals surface area contributed by atoms with Crippen LogP contribution in [0.25, 0.3) is 11.3 Å². The lowest BCUT2D eigenvalue weighted by Crippen LogP contribution is -2.33. The van der Waals surface area contributed by atoms with Crippen molar-refractivity contribution in [2.24, 2.45) is 0 Å². The van der Waals surface area contributed by atoms with Gasteiger partial charge < -0.3 is 14.7 Å². The summed E-state index contributed by atoms with van der Waals surface area (Å²) in [5.74, 6) is 2.13. The zero-order chi connectivity index (χ0) is 18.5. The average Bonchev–Trinajstić information content (AvgIpc) is 3.11. The number of halogens is 1. The molecule has 6 nitrogen and oxygen atoms in total. The summed E-state index contributed by atoms with van der Waals surface area (Å²) in [5.41, 5.74) is 2.01. The van der Waals surface area contributed by atoms with Crippen molar-refractivity contribution in [1.82, 2.24) is 19.9 Å². The highest BCUT2D eigenvalue weighted by Gasteiger charge is 2.23. The number of hydrogen-bond donors (Lipinski definition) is 0. The lowest BCUT2D eigenvalue weighted by molar-refractivity contribution is 0.360. The molecular formula is C21H31ClN6. The maximum atomic E-state index is 5.11. The molecule has 2 aromatic heterocycles. The lowest BCUT2D eigenvalue weighted by Gasteiger charge is -2.29. The van der Waals surface area contributed by atoms with Crippen LogP contribution < -0.4 is 9.80 Å². The van der Waals surface area contributed by atoms with Crippen LogP contribution in [0.1, 0.15) is 32.1 Å². The molecule has 152 valence electrons. The number of hydrogen-bond acceptors (Lipinski definition) is 6. The van der Waals surface area contributed by atoms with E-state index in [9.17, 15) is 0 Å². The molecule has 0 saturated carbocycles. The molecule has 7 heteroatoms. The first-order chi connectivity index (χ1) is 13.3. The minimum absolute atomic E-state index is 0. The van der Waals surface area contributed by atoms with E-state index in [1.54, 1.807) is 0 Å². The Morgan fingerprint density at radius 2 is 1.43 bits per heavy atom. The second-order valence-electron chi connectivity index (χ2n) is 7.68. The van der Waals surface area contributed by atoms with Crippen molar-refractivity contribution in [1.29, 1.82) is 0 Å². The normalized spacial score (nSPS) is 18.9. The predicted octanol–water partition coefficient (Wildman–Crippen LogP) is 3.48. The maximum absolute atomic E-state index is 5.11. The van der Waals surface area contributed by atoms with Gasteiger partial charge in [-0.25, -0.2) is 9.97 Å². The molecule has 2 aliphatic heterocycles. The van der Waals surface area contributed by atoms with Crippen LogP contribution in [-0.2, 0) is 0 Å². The number of rotatable bonds is 3. The van der Waals surface area contributed by atoms with Crippen LogP contribution in [0.5, 0.6) is 0 Å². The Morgan fingerprint density at radius 3 is 2.18 bits per heavy atom. The summed E-state index contributed by atoms with van der Waals surface area (Å²) in [6, 6.07) is 4.02. The summed E-state index contributed by atoms with van der Waals surface area (Å²) in [6.45, 7) is 6.44. The van der Waals surface area contributed by atoms with Crippen molar-refractivity contribution < 1.29 is 0 Å². The fourth-order valence-corrected chi connectivity index (χ4v) is 4.01. The molecule has 2 aliphatic rings. The van der Waals surface area contributed by atoms with Gasteiger partial charge in [0.1, 0.15) is 0 Å². The number of pyridine rings is 1. The highest BCUT2D eigenvalue weighted by Crippen LogP contribution is 2.30. The summed E-state index contributed by atoms with van der Waals surface area (Å²) >= 11 is 0. The average molecular weight is 403 g/mol. The van der Waals surface area contributed by atoms with Gasteiger partial charge in [0.15, 0.2) is 11.6 Å². The van der Waals surface area contributed by atoms with Gasteiger partial charge in [0.05, 0.1) is 11.9 Å². The monoisotopic (exact) mass is 402 g/mol. The van der Waals surface area contributed by atoms with Crippen molar-refractivity contribution in [2.75, 3.05) is 56.1 Å². The van der Waals surface area contributed by atoms with Crippen LogP contribution >= 0.6 is 12.4 Å². The van der Waals surface area contributed by atoms with Crippen molar-refractivity contribution in [3.63, 3.8) is 0 Å². The smallest absolute Gasteiger partial charge is 0.172 e. The topological polar surface area (TPSA) is 48.4 Å². The third-order valence-corrected chi connectivity index (χ3v) is 5.64. The SMILES string of the molecule is CN1CCCN(c2nc(-c3ccncc3)cnc2N2CCCCCC2)CC1.Cl. The Labute approximate surface area is 174 Å². The summed E-state index contributed by atoms with van der Waals surface area (Å²) in [5, 5.41) is 0. The third-order valence-electron chi connectivity index (χ3n) is 5.64. The molecule has 28 heavy (non-hydrogen) atoms. The van der Waals surface area contributed by atoms with E-state index < -0.39 is 0 Å². The second-order valence-corrected chi connectivity index (χ2v) is 7.68. The van der Waals surface area contributed by atoms with Gasteiger partial charge in [-0.15, -0.1) is 12.4 Å². The number of aromatic nitrogens is 3. The molecular weight excluding hydrogens is 372 g/mol. The summed E-state index contributed by atoms with van der Waals surface area (Å²) < 4.78 is 0. The second kappa shape index (κ2) is 10.0. The lowest BCUT2D eigenvalue weighted by atomic mass is 10.2. The Hall–Kier alpha value is -1.92. The molecule has 0 aliphatic carbocycles. The minimum Gasteiger partial charge on any atom is -0.354 e. The van der Waals surface area contributed by atoms with Crippen molar-refractivity contribution in [2.45, 2.75) is 32.1 Å². The quantitative estimate of drug-likeness (QED) is 0.783. The Morgan fingerprint density at radius 1 is 0.750 bits per heavy atom. The molecule has 0 aromatic carbocycles. The molecule has 0 radical (unpaired) electrons. The van der Waals surface area contributed by atoms with Gasteiger partial charge in [-0.3, -0.25) is 4.98 Å². The minimum atomic E-state index is 0. The highest BCUT2D eigenvalue weighted by molar-refractivity contribution is 5.85. The molecule has 2 aromatic rings. The molecule has 0 spiro atoms. The van der Waals surface area contributed by atoms with Crippen LogP contribution in [0.4, 0.5) is 11.6 Å². The van der Waals surface area contributed by atoms with Crippen LogP contribution in [0, 0.1) is 0 Å². The van der Waals surface area contributed by atoms with Gasteiger partial charge in [-0.2, -0.15) is 0 Å². The van der Waals surface area contributed by atoms with E-state index >= 15 is 0 Å². The van der Waals surface area contributed by atoms with E-state index in [2.05, 4.69) is 26.7 Å². The molecule has 0 N–H and O–H groups in total. The van der Waals surface area contributed by atoms with Gasteiger partial charge in [0.25, 0.3) is 0 Å².